The van der Waals surface area contributed by atoms with E-state index < -0.39 is 0 Å². The third-order valence-electron chi connectivity index (χ3n) is 2.50. The largest absolute Gasteiger partial charge is 0.295 e. The van der Waals surface area contributed by atoms with Gasteiger partial charge in [0.25, 0.3) is 0 Å². The molecule has 1 heteroatoms. The van der Waals surface area contributed by atoms with Crippen molar-refractivity contribution in [1.82, 2.24) is 0 Å². The number of hydrogen-bond acceptors (Lipinski definition) is 1. The SMILES string of the molecule is CC(C)(C)C1/C=C\C(=O)C/C=C\C1. The van der Waals surface area contributed by atoms with Crippen molar-refractivity contribution >= 4 is 5.78 Å². The Morgan fingerprint density at radius 3 is 2.62 bits per heavy atom. The zero-order valence-corrected chi connectivity index (χ0v) is 8.71. The van der Waals surface area contributed by atoms with Crippen molar-refractivity contribution in [3.05, 3.63) is 24.3 Å². The Kier molecular flexibility index (Phi) is 3.07. The zero-order chi connectivity index (χ0) is 9.90. The fourth-order valence-electron chi connectivity index (χ4n) is 1.45. The van der Waals surface area contributed by atoms with Gasteiger partial charge >= 0.3 is 0 Å². The maximum absolute atomic E-state index is 11.2. The van der Waals surface area contributed by atoms with Crippen LogP contribution in [0.1, 0.15) is 33.6 Å². The molecule has 0 spiro atoms. The second-order valence-electron chi connectivity index (χ2n) is 4.71. The zero-order valence-electron chi connectivity index (χ0n) is 8.71. The van der Waals surface area contributed by atoms with Crippen LogP contribution in [0, 0.1) is 11.3 Å². The molecule has 0 amide bonds. The molecule has 13 heavy (non-hydrogen) atoms. The number of ketones is 1. The van der Waals surface area contributed by atoms with E-state index in [1.165, 1.54) is 0 Å². The first-order chi connectivity index (χ1) is 6.00. The first-order valence-electron chi connectivity index (χ1n) is 4.86. The highest BCUT2D eigenvalue weighted by atomic mass is 16.1. The highest BCUT2D eigenvalue weighted by Crippen LogP contribution is 2.30. The Balaban J connectivity index is 2.75. The first-order valence-corrected chi connectivity index (χ1v) is 4.86. The van der Waals surface area contributed by atoms with Crippen molar-refractivity contribution in [3.63, 3.8) is 0 Å². The number of rotatable bonds is 0. The van der Waals surface area contributed by atoms with E-state index in [0.717, 1.165) is 6.42 Å². The molecule has 0 fully saturated rings. The van der Waals surface area contributed by atoms with E-state index >= 15 is 0 Å². The summed E-state index contributed by atoms with van der Waals surface area (Å²) in [5, 5.41) is 0. The standard InChI is InChI=1S/C12H18O/c1-12(2,3)10-6-4-5-7-11(13)9-8-10/h4-5,8-10H,6-7H2,1-3H3/b5-4-,9-8-. The van der Waals surface area contributed by atoms with Crippen molar-refractivity contribution < 1.29 is 4.79 Å². The lowest BCUT2D eigenvalue weighted by molar-refractivity contribution is -0.113. The summed E-state index contributed by atoms with van der Waals surface area (Å²) in [5.41, 5.74) is 0.248. The minimum Gasteiger partial charge on any atom is -0.295 e. The van der Waals surface area contributed by atoms with Crippen molar-refractivity contribution in [3.8, 4) is 0 Å². The summed E-state index contributed by atoms with van der Waals surface area (Å²) in [6.07, 6.45) is 9.51. The molecule has 0 radical (unpaired) electrons. The van der Waals surface area contributed by atoms with Gasteiger partial charge in [-0.1, -0.05) is 39.0 Å². The average molecular weight is 178 g/mol. The van der Waals surface area contributed by atoms with Gasteiger partial charge < -0.3 is 0 Å². The maximum atomic E-state index is 11.2. The molecule has 0 saturated carbocycles. The van der Waals surface area contributed by atoms with Crippen molar-refractivity contribution in [2.45, 2.75) is 33.6 Å². The summed E-state index contributed by atoms with van der Waals surface area (Å²) in [5.74, 6) is 0.693. The molecule has 0 saturated heterocycles. The van der Waals surface area contributed by atoms with Gasteiger partial charge in [0.15, 0.2) is 5.78 Å². The molecule has 0 aliphatic heterocycles. The van der Waals surface area contributed by atoms with E-state index in [1.54, 1.807) is 6.08 Å². The molecule has 0 N–H and O–H groups in total. The summed E-state index contributed by atoms with van der Waals surface area (Å²) in [6, 6.07) is 0. The van der Waals surface area contributed by atoms with Crippen LogP contribution < -0.4 is 0 Å². The Morgan fingerprint density at radius 2 is 2.00 bits per heavy atom. The summed E-state index contributed by atoms with van der Waals surface area (Å²) >= 11 is 0. The lowest BCUT2D eigenvalue weighted by Crippen LogP contribution is -2.18. The molecular weight excluding hydrogens is 160 g/mol. The molecule has 0 aromatic carbocycles. The van der Waals surface area contributed by atoms with E-state index in [1.807, 2.05) is 6.08 Å². The van der Waals surface area contributed by atoms with Crippen LogP contribution in [0.25, 0.3) is 0 Å². The second kappa shape index (κ2) is 3.91. The predicted molar refractivity (Wildman–Crippen MR) is 55.5 cm³/mol. The maximum Gasteiger partial charge on any atom is 0.159 e. The van der Waals surface area contributed by atoms with E-state index in [4.69, 9.17) is 0 Å². The number of allylic oxidation sites excluding steroid dienone is 4. The fourth-order valence-corrected chi connectivity index (χ4v) is 1.45. The minimum atomic E-state index is 0.213. The van der Waals surface area contributed by atoms with Crippen LogP contribution >= 0.6 is 0 Å². The molecule has 1 aliphatic rings. The smallest absolute Gasteiger partial charge is 0.159 e. The van der Waals surface area contributed by atoms with Gasteiger partial charge in [-0.15, -0.1) is 0 Å². The Bertz CT molecular complexity index is 240. The Labute approximate surface area is 80.5 Å². The molecule has 1 atom stereocenters. The molecule has 0 bridgehead atoms. The van der Waals surface area contributed by atoms with Gasteiger partial charge in [0.2, 0.25) is 0 Å². The lowest BCUT2D eigenvalue weighted by Gasteiger charge is -2.27. The quantitative estimate of drug-likeness (QED) is 0.521. The third kappa shape index (κ3) is 3.17. The summed E-state index contributed by atoms with van der Waals surface area (Å²) in [7, 11) is 0. The van der Waals surface area contributed by atoms with Gasteiger partial charge in [-0.2, -0.15) is 0 Å². The molecule has 1 aliphatic carbocycles. The van der Waals surface area contributed by atoms with Gasteiger partial charge in [-0.25, -0.2) is 0 Å². The minimum absolute atomic E-state index is 0.213. The summed E-state index contributed by atoms with van der Waals surface area (Å²) in [4.78, 5) is 11.2. The van der Waals surface area contributed by atoms with E-state index in [9.17, 15) is 4.79 Å². The number of carbonyl (C=O) groups is 1. The molecule has 72 valence electrons. The molecule has 0 heterocycles. The van der Waals surface area contributed by atoms with Crippen molar-refractivity contribution in [1.29, 1.82) is 0 Å². The van der Waals surface area contributed by atoms with Crippen LogP contribution in [0.3, 0.4) is 0 Å². The van der Waals surface area contributed by atoms with Gasteiger partial charge in [-0.05, 0) is 23.8 Å². The van der Waals surface area contributed by atoms with Crippen LogP contribution in [0.15, 0.2) is 24.3 Å². The first kappa shape index (κ1) is 10.2. The van der Waals surface area contributed by atoms with Gasteiger partial charge in [0.05, 0.1) is 0 Å². The summed E-state index contributed by atoms with van der Waals surface area (Å²) < 4.78 is 0. The predicted octanol–water partition coefficient (Wildman–Crippen LogP) is 3.12. The average Bonchev–Trinajstić information content (AvgIpc) is 1.94. The van der Waals surface area contributed by atoms with Crippen molar-refractivity contribution in [2.75, 3.05) is 0 Å². The fraction of sp³-hybridized carbons (Fsp3) is 0.583. The highest BCUT2D eigenvalue weighted by molar-refractivity contribution is 5.90. The monoisotopic (exact) mass is 178 g/mol. The van der Waals surface area contributed by atoms with Crippen LogP contribution in [0.4, 0.5) is 0 Å². The molecule has 0 aromatic rings. The summed E-state index contributed by atoms with van der Waals surface area (Å²) in [6.45, 7) is 6.63. The number of hydrogen-bond donors (Lipinski definition) is 0. The topological polar surface area (TPSA) is 17.1 Å². The molecular formula is C12H18O. The molecule has 1 rings (SSSR count). The van der Waals surface area contributed by atoms with E-state index in [0.29, 0.717) is 12.3 Å². The highest BCUT2D eigenvalue weighted by Gasteiger charge is 2.21. The van der Waals surface area contributed by atoms with E-state index in [-0.39, 0.29) is 11.2 Å². The van der Waals surface area contributed by atoms with Crippen LogP contribution in [-0.4, -0.2) is 5.78 Å². The van der Waals surface area contributed by atoms with Crippen LogP contribution in [-0.2, 0) is 4.79 Å². The van der Waals surface area contributed by atoms with Gasteiger partial charge in [-0.3, -0.25) is 4.79 Å². The van der Waals surface area contributed by atoms with Crippen LogP contribution in [0.2, 0.25) is 0 Å². The normalized spacial score (nSPS) is 29.2. The third-order valence-corrected chi connectivity index (χ3v) is 2.50. The number of carbonyl (C=O) groups excluding carboxylic acids is 1. The van der Waals surface area contributed by atoms with Crippen LogP contribution in [0.5, 0.6) is 0 Å². The second-order valence-corrected chi connectivity index (χ2v) is 4.71. The lowest BCUT2D eigenvalue weighted by atomic mass is 9.78. The Hall–Kier alpha value is -0.850. The molecule has 1 unspecified atom stereocenters. The van der Waals surface area contributed by atoms with E-state index in [2.05, 4.69) is 32.9 Å². The van der Waals surface area contributed by atoms with Crippen molar-refractivity contribution in [2.24, 2.45) is 11.3 Å². The van der Waals surface area contributed by atoms with Gasteiger partial charge in [0.1, 0.15) is 0 Å². The molecule has 0 aromatic heterocycles. The Morgan fingerprint density at radius 1 is 1.31 bits per heavy atom. The van der Waals surface area contributed by atoms with Gasteiger partial charge in [0, 0.05) is 6.42 Å². The molecule has 1 nitrogen and oxygen atoms in total.